The highest BCUT2D eigenvalue weighted by Crippen LogP contribution is 2.34. The molecule has 0 aliphatic carbocycles. The van der Waals surface area contributed by atoms with Crippen molar-refractivity contribution in [1.29, 1.82) is 0 Å². The third kappa shape index (κ3) is 6.43. The van der Waals surface area contributed by atoms with Gasteiger partial charge in [0.1, 0.15) is 22.5 Å². The third-order valence-electron chi connectivity index (χ3n) is 11.5. The molecule has 0 unspecified atom stereocenters. The maximum atomic E-state index is 13.8. The zero-order chi connectivity index (χ0) is 41.7. The summed E-state index contributed by atoms with van der Waals surface area (Å²) >= 11 is 0. The molecule has 0 aliphatic rings. The van der Waals surface area contributed by atoms with Crippen molar-refractivity contribution < 1.29 is 9.47 Å². The van der Waals surface area contributed by atoms with E-state index in [1.165, 1.54) is 11.1 Å². The smallest absolute Gasteiger partial charge is 0.280 e. The monoisotopic (exact) mass is 788 g/mol. The van der Waals surface area contributed by atoms with Crippen LogP contribution in [0.15, 0.2) is 167 Å². The maximum absolute atomic E-state index is 13.8. The summed E-state index contributed by atoms with van der Waals surface area (Å²) in [6.45, 7) is 4.13. The van der Waals surface area contributed by atoms with E-state index in [0.717, 1.165) is 78.0 Å². The van der Waals surface area contributed by atoms with Crippen LogP contribution >= 0.6 is 0 Å². The van der Waals surface area contributed by atoms with Gasteiger partial charge in [-0.15, -0.1) is 0 Å². The van der Waals surface area contributed by atoms with Crippen molar-refractivity contribution in [2.24, 2.45) is 14.1 Å². The van der Waals surface area contributed by atoms with Gasteiger partial charge >= 0.3 is 0 Å². The van der Waals surface area contributed by atoms with Gasteiger partial charge in [0.25, 0.3) is 11.1 Å². The first-order valence-corrected chi connectivity index (χ1v) is 19.9. The number of ether oxygens (including phenoxy) is 2. The number of hydrogen-bond donors (Lipinski definition) is 0. The van der Waals surface area contributed by atoms with Gasteiger partial charge in [-0.05, 0) is 97.8 Å². The van der Waals surface area contributed by atoms with E-state index in [1.807, 2.05) is 96.0 Å². The minimum absolute atomic E-state index is 0.0352. The first kappa shape index (κ1) is 38.0. The number of para-hydroxylation sites is 2. The summed E-state index contributed by atoms with van der Waals surface area (Å²) in [6.07, 6.45) is 0. The fourth-order valence-electron chi connectivity index (χ4n) is 8.34. The molecule has 8 heteroatoms. The number of benzene rings is 6. The normalized spacial score (nSPS) is 11.3. The van der Waals surface area contributed by atoms with Crippen LogP contribution in [0.25, 0.3) is 77.5 Å². The van der Waals surface area contributed by atoms with Crippen LogP contribution in [0.4, 0.5) is 0 Å². The molecule has 0 radical (unpaired) electrons. The molecule has 6 aromatic carbocycles. The summed E-state index contributed by atoms with van der Waals surface area (Å²) < 4.78 is 18.2. The standard InChI is InChI=1S/2C26H22N2O2/c2*1-17-8-10-18(11-9-17)24-16-22-21-6-4-5-7-23(21)27(2)25(22)26(29)28(24)19-12-14-20(30-3)15-13-19/h2*4-16H,1-3H3. The molecular weight excluding hydrogens is 745 g/mol. The van der Waals surface area contributed by atoms with Crippen molar-refractivity contribution in [1.82, 2.24) is 18.3 Å². The summed E-state index contributed by atoms with van der Waals surface area (Å²) in [5.41, 5.74) is 11.1. The van der Waals surface area contributed by atoms with E-state index in [9.17, 15) is 9.59 Å². The van der Waals surface area contributed by atoms with Gasteiger partial charge in [0.2, 0.25) is 0 Å². The molecule has 0 saturated carbocycles. The van der Waals surface area contributed by atoms with E-state index < -0.39 is 0 Å². The van der Waals surface area contributed by atoms with Gasteiger partial charge in [0, 0.05) is 58.0 Å². The molecule has 4 heterocycles. The molecule has 10 aromatic rings. The number of methoxy groups -OCH3 is 2. The van der Waals surface area contributed by atoms with Crippen LogP contribution in [-0.4, -0.2) is 32.5 Å². The Morgan fingerprint density at radius 2 is 0.767 bits per heavy atom. The van der Waals surface area contributed by atoms with Crippen molar-refractivity contribution in [3.8, 4) is 45.4 Å². The predicted octanol–water partition coefficient (Wildman–Crippen LogP) is 10.9. The third-order valence-corrected chi connectivity index (χ3v) is 11.5. The van der Waals surface area contributed by atoms with Crippen LogP contribution in [0.3, 0.4) is 0 Å². The number of fused-ring (bicyclic) bond motifs is 6. The van der Waals surface area contributed by atoms with E-state index in [0.29, 0.717) is 11.0 Å². The number of hydrogen-bond acceptors (Lipinski definition) is 4. The Kier molecular flexibility index (Phi) is 9.68. The zero-order valence-corrected chi connectivity index (χ0v) is 34.4. The molecule has 0 amide bonds. The summed E-state index contributed by atoms with van der Waals surface area (Å²) in [4.78, 5) is 27.7. The summed E-state index contributed by atoms with van der Waals surface area (Å²) in [5.74, 6) is 1.52. The van der Waals surface area contributed by atoms with Crippen LogP contribution < -0.4 is 20.6 Å². The van der Waals surface area contributed by atoms with E-state index in [2.05, 4.69) is 98.8 Å². The minimum atomic E-state index is -0.0352. The molecule has 0 bridgehead atoms. The summed E-state index contributed by atoms with van der Waals surface area (Å²) in [5, 5.41) is 4.11. The van der Waals surface area contributed by atoms with Crippen molar-refractivity contribution in [2.75, 3.05) is 14.2 Å². The fraction of sp³-hybridized carbons (Fsp3) is 0.115. The number of aryl methyl sites for hydroxylation is 4. The van der Waals surface area contributed by atoms with Crippen LogP contribution in [0.2, 0.25) is 0 Å². The van der Waals surface area contributed by atoms with Crippen LogP contribution in [-0.2, 0) is 14.1 Å². The quantitative estimate of drug-likeness (QED) is 0.168. The topological polar surface area (TPSA) is 72.3 Å². The Bertz CT molecular complexity index is 3110. The van der Waals surface area contributed by atoms with Crippen LogP contribution in [0, 0.1) is 13.8 Å². The Hall–Kier alpha value is -7.58. The van der Waals surface area contributed by atoms with E-state index in [1.54, 1.807) is 23.4 Å². The Balaban J connectivity index is 0.000000154. The van der Waals surface area contributed by atoms with Gasteiger partial charge in [0.05, 0.1) is 25.6 Å². The molecule has 296 valence electrons. The van der Waals surface area contributed by atoms with E-state index in [-0.39, 0.29) is 11.1 Å². The molecule has 60 heavy (non-hydrogen) atoms. The number of rotatable bonds is 6. The van der Waals surface area contributed by atoms with Gasteiger partial charge in [0.15, 0.2) is 0 Å². The highest BCUT2D eigenvalue weighted by molar-refractivity contribution is 6.10. The molecule has 0 spiro atoms. The average Bonchev–Trinajstić information content (AvgIpc) is 3.74. The van der Waals surface area contributed by atoms with Crippen molar-refractivity contribution in [2.45, 2.75) is 13.8 Å². The van der Waals surface area contributed by atoms with Crippen molar-refractivity contribution in [3.05, 3.63) is 190 Å². The minimum Gasteiger partial charge on any atom is -0.497 e. The number of aromatic nitrogens is 4. The lowest BCUT2D eigenvalue weighted by molar-refractivity contribution is 0.414. The molecule has 4 aromatic heterocycles. The lowest BCUT2D eigenvalue weighted by atomic mass is 10.1. The van der Waals surface area contributed by atoms with Crippen LogP contribution in [0.1, 0.15) is 11.1 Å². The lowest BCUT2D eigenvalue weighted by Crippen LogP contribution is -2.21. The van der Waals surface area contributed by atoms with E-state index in [4.69, 9.17) is 9.47 Å². The predicted molar refractivity (Wildman–Crippen MR) is 245 cm³/mol. The second-order valence-electron chi connectivity index (χ2n) is 15.1. The fourth-order valence-corrected chi connectivity index (χ4v) is 8.34. The molecule has 0 aliphatic heterocycles. The average molecular weight is 789 g/mol. The van der Waals surface area contributed by atoms with Crippen LogP contribution in [0.5, 0.6) is 11.5 Å². The first-order chi connectivity index (χ1) is 29.2. The van der Waals surface area contributed by atoms with Crippen molar-refractivity contribution >= 4 is 43.6 Å². The van der Waals surface area contributed by atoms with Crippen molar-refractivity contribution in [3.63, 3.8) is 0 Å². The molecule has 8 nitrogen and oxygen atoms in total. The lowest BCUT2D eigenvalue weighted by Gasteiger charge is -2.15. The van der Waals surface area contributed by atoms with E-state index >= 15 is 0 Å². The van der Waals surface area contributed by atoms with Gasteiger partial charge in [-0.2, -0.15) is 0 Å². The molecule has 0 atom stereocenters. The molecule has 10 rings (SSSR count). The number of pyridine rings is 2. The maximum Gasteiger partial charge on any atom is 0.280 e. The molecular formula is C52H44N4O4. The highest BCUT2D eigenvalue weighted by atomic mass is 16.5. The van der Waals surface area contributed by atoms with Gasteiger partial charge in [-0.1, -0.05) is 96.1 Å². The second-order valence-corrected chi connectivity index (χ2v) is 15.1. The Morgan fingerprint density at radius 3 is 1.12 bits per heavy atom. The Labute approximate surface area is 347 Å². The van der Waals surface area contributed by atoms with Gasteiger partial charge < -0.3 is 18.6 Å². The highest BCUT2D eigenvalue weighted by Gasteiger charge is 2.20. The molecule has 0 fully saturated rings. The first-order valence-electron chi connectivity index (χ1n) is 19.9. The second kappa shape index (κ2) is 15.3. The Morgan fingerprint density at radius 1 is 0.417 bits per heavy atom. The number of nitrogens with zero attached hydrogens (tertiary/aromatic N) is 4. The van der Waals surface area contributed by atoms with Gasteiger partial charge in [-0.25, -0.2) is 0 Å². The molecule has 0 saturated heterocycles. The van der Waals surface area contributed by atoms with Gasteiger partial charge in [-0.3, -0.25) is 18.7 Å². The SMILES string of the molecule is COc1ccc(-n2c(-c3ccc(C)cc3)cc3c4ccccc4n(C)c3c2=O)cc1.COc1ccc(-n2c(-c3ccc(C)cc3)cc3c4ccccc4n(C)c3c2=O)cc1. The molecule has 0 N–H and O–H groups in total. The zero-order valence-electron chi connectivity index (χ0n) is 34.4. The summed E-state index contributed by atoms with van der Waals surface area (Å²) in [6, 6.07) is 52.4. The largest absolute Gasteiger partial charge is 0.497 e. The summed E-state index contributed by atoms with van der Waals surface area (Å²) in [7, 11) is 7.19.